The Bertz CT molecular complexity index is 378. The zero-order valence-corrected chi connectivity index (χ0v) is 17.4. The molecule has 0 spiro atoms. The molecule has 1 aliphatic heterocycles. The van der Waals surface area contributed by atoms with E-state index in [1.165, 1.54) is 0 Å². The van der Waals surface area contributed by atoms with E-state index in [9.17, 15) is 0 Å². The van der Waals surface area contributed by atoms with Crippen molar-refractivity contribution < 1.29 is 86.2 Å². The summed E-state index contributed by atoms with van der Waals surface area (Å²) in [5, 5.41) is 0. The van der Waals surface area contributed by atoms with Crippen LogP contribution in [0.15, 0.2) is 0 Å². The third-order valence-corrected chi connectivity index (χ3v) is 1.86. The van der Waals surface area contributed by atoms with Gasteiger partial charge < -0.3 is 43.7 Å². The maximum absolute atomic E-state index is 8.63. The molecule has 1 saturated heterocycles. The minimum atomic E-state index is -4.92. The molecule has 0 amide bonds. The van der Waals surface area contributed by atoms with Gasteiger partial charge in [0.2, 0.25) is 20.8 Å². The van der Waals surface area contributed by atoms with Gasteiger partial charge in [0.05, 0.1) is 66.1 Å². The van der Waals surface area contributed by atoms with Crippen LogP contribution in [0.4, 0.5) is 0 Å². The van der Waals surface area contributed by atoms with Gasteiger partial charge >= 0.3 is 16.5 Å². The van der Waals surface area contributed by atoms with E-state index in [0.717, 1.165) is 0 Å². The molecule has 1 fully saturated rings. The van der Waals surface area contributed by atoms with Crippen LogP contribution in [0.1, 0.15) is 0 Å². The molecule has 18 heteroatoms. The Morgan fingerprint density at radius 2 is 0.571 bits per heavy atom. The smallest absolute Gasteiger partial charge is 0.726 e. The Hall–Kier alpha value is -0.0465. The van der Waals surface area contributed by atoms with Gasteiger partial charge in [-0.05, 0) is 0 Å². The topological polar surface area (TPSA) is 267 Å². The van der Waals surface area contributed by atoms with Gasteiger partial charge in [-0.15, -0.1) is 0 Å². The zero-order valence-electron chi connectivity index (χ0n) is 14.7. The van der Waals surface area contributed by atoms with E-state index >= 15 is 0 Å². The molecule has 0 unspecified atom stereocenters. The van der Waals surface area contributed by atoms with Crippen molar-refractivity contribution in [3.8, 4) is 0 Å². The summed E-state index contributed by atoms with van der Waals surface area (Å²) in [5.41, 5.74) is 0. The fraction of sp³-hybridized carbons (Fsp3) is 1.00. The molecule has 0 aromatic rings. The van der Waals surface area contributed by atoms with Crippen LogP contribution in [0, 0.1) is 0 Å². The number of ether oxygens (including phenoxy) is 5. The molecule has 1 heterocycles. The fourth-order valence-electron chi connectivity index (χ4n) is 1.10. The largest absolute Gasteiger partial charge is 2.00 e. The van der Waals surface area contributed by atoms with E-state index in [4.69, 9.17) is 58.7 Å². The van der Waals surface area contributed by atoms with Crippen molar-refractivity contribution in [2.45, 2.75) is 0 Å². The summed E-state index contributed by atoms with van der Waals surface area (Å²) in [6.07, 6.45) is 0. The summed E-state index contributed by atoms with van der Waals surface area (Å²) in [6.45, 7) is 6.11. The summed E-state index contributed by atoms with van der Waals surface area (Å²) in [5.74, 6) is 0. The van der Waals surface area contributed by atoms with Gasteiger partial charge in [-0.1, -0.05) is 0 Å². The molecule has 0 bridgehead atoms. The van der Waals surface area contributed by atoms with Gasteiger partial charge in [-0.25, -0.2) is 16.8 Å². The van der Waals surface area contributed by atoms with Crippen molar-refractivity contribution in [3.63, 3.8) is 0 Å². The summed E-state index contributed by atoms with van der Waals surface area (Å²) in [4.78, 5) is 0. The number of hydrogen-bond acceptors (Lipinski definition) is 11. The van der Waals surface area contributed by atoms with Crippen LogP contribution < -0.4 is 0 Å². The fourth-order valence-corrected chi connectivity index (χ4v) is 1.10. The molecule has 1 aliphatic rings. The average Bonchev–Trinajstić information content (AvgIpc) is 2.42. The Balaban J connectivity index is -0.000000115. The van der Waals surface area contributed by atoms with Gasteiger partial charge in [0.15, 0.2) is 0 Å². The van der Waals surface area contributed by atoms with Crippen LogP contribution in [0.3, 0.4) is 0 Å². The summed E-state index contributed by atoms with van der Waals surface area (Å²) < 4.78 is 92.1. The van der Waals surface area contributed by atoms with Crippen molar-refractivity contribution in [2.24, 2.45) is 0 Å². The molecule has 15 nitrogen and oxygen atoms in total. The normalized spacial score (nSPS) is 17.0. The van der Waals surface area contributed by atoms with Crippen LogP contribution >= 0.6 is 0 Å². The van der Waals surface area contributed by atoms with Crippen molar-refractivity contribution in [2.75, 3.05) is 66.1 Å². The van der Waals surface area contributed by atoms with Crippen LogP contribution in [0.5, 0.6) is 0 Å². The third-order valence-electron chi connectivity index (χ3n) is 1.86. The summed E-state index contributed by atoms with van der Waals surface area (Å²) >= 11 is 0. The minimum Gasteiger partial charge on any atom is -0.726 e. The maximum atomic E-state index is 8.63. The second-order valence-corrected chi connectivity index (χ2v) is 5.63. The molecule has 0 radical (unpaired) electrons. The van der Waals surface area contributed by atoms with E-state index in [0.29, 0.717) is 66.1 Å². The van der Waals surface area contributed by atoms with Gasteiger partial charge in [-0.2, -0.15) is 0 Å². The Kier molecular flexibility index (Phi) is 34.4. The number of rotatable bonds is 0. The van der Waals surface area contributed by atoms with Gasteiger partial charge in [0.1, 0.15) is 0 Å². The Morgan fingerprint density at radius 3 is 0.643 bits per heavy atom. The van der Waals surface area contributed by atoms with Crippen molar-refractivity contribution in [1.82, 2.24) is 0 Å². The third kappa shape index (κ3) is 72.3. The molecule has 0 aromatic heterocycles. The molecule has 28 heavy (non-hydrogen) atoms. The first kappa shape index (κ1) is 38.5. The predicted molar refractivity (Wildman–Crippen MR) is 88.5 cm³/mol. The monoisotopic (exact) mass is 510 g/mol. The summed E-state index contributed by atoms with van der Waals surface area (Å²) in [6, 6.07) is 0. The van der Waals surface area contributed by atoms with Crippen molar-refractivity contribution in [1.29, 1.82) is 0 Å². The quantitative estimate of drug-likeness (QED) is 0.137. The van der Waals surface area contributed by atoms with E-state index in [1.54, 1.807) is 0 Å². The maximum Gasteiger partial charge on any atom is 2.00 e. The molecule has 0 aliphatic carbocycles. The van der Waals surface area contributed by atoms with Crippen LogP contribution in [-0.2, 0) is 71.9 Å². The minimum absolute atomic E-state index is 0. The van der Waals surface area contributed by atoms with Crippen molar-refractivity contribution in [3.05, 3.63) is 0 Å². The van der Waals surface area contributed by atoms with E-state index in [1.807, 2.05) is 0 Å². The summed E-state index contributed by atoms with van der Waals surface area (Å²) in [7, 11) is -9.83. The second kappa shape index (κ2) is 25.0. The van der Waals surface area contributed by atoms with E-state index < -0.39 is 20.8 Å². The van der Waals surface area contributed by atoms with E-state index in [2.05, 4.69) is 0 Å². The molecule has 0 atom stereocenters. The average molecular weight is 511 g/mol. The predicted octanol–water partition coefficient (Wildman–Crippen LogP) is -3.75. The Morgan fingerprint density at radius 1 is 0.500 bits per heavy atom. The van der Waals surface area contributed by atoms with Gasteiger partial charge in [-0.3, -0.25) is 9.11 Å². The standard InChI is InChI=1S/C10H20O5.Ni.2H2O4S.2H2O/c1-2-12-5-6-14-9-10-15-8-7-13-4-3-11-1;;2*1-5(2,3)4;;/h1-10H2;;2*(H2,1,2,3,4);2*1H2/q;+2;;;;. The van der Waals surface area contributed by atoms with Gasteiger partial charge in [0, 0.05) is 0 Å². The SMILES string of the molecule is C1COCCOCCOCCOCCO1.O=S(=O)([O-])O.O=S(=O)([O-])O.[Ni+2].[OH3+].[OH3+]. The zero-order chi connectivity index (χ0) is 19.6. The molecule has 0 aromatic carbocycles. The van der Waals surface area contributed by atoms with Gasteiger partial charge in [0.25, 0.3) is 0 Å². The van der Waals surface area contributed by atoms with Crippen LogP contribution in [0.2, 0.25) is 0 Å². The first-order chi connectivity index (χ1) is 11.5. The van der Waals surface area contributed by atoms with Crippen molar-refractivity contribution >= 4 is 20.8 Å². The molecule has 0 saturated carbocycles. The van der Waals surface area contributed by atoms with E-state index in [-0.39, 0.29) is 27.4 Å². The first-order valence-corrected chi connectivity index (χ1v) is 9.48. The molecular formula is C10H28NiO15S2+2. The Labute approximate surface area is 173 Å². The first-order valence-electron chi connectivity index (χ1n) is 6.75. The van der Waals surface area contributed by atoms with Crippen LogP contribution in [-0.4, -0.2) is 101 Å². The second-order valence-electron chi connectivity index (χ2n) is 3.92. The molecule has 8 N–H and O–H groups in total. The van der Waals surface area contributed by atoms with Crippen LogP contribution in [0.25, 0.3) is 0 Å². The molecule has 178 valence electrons. The molecule has 1 rings (SSSR count). The number of hydrogen-bond donors (Lipinski definition) is 2. The molecular weight excluding hydrogens is 483 g/mol.